The number of amides is 2. The number of ether oxygens (including phenoxy) is 1. The van der Waals surface area contributed by atoms with Gasteiger partial charge < -0.3 is 15.4 Å². The van der Waals surface area contributed by atoms with E-state index in [-0.39, 0.29) is 27.5 Å². The van der Waals surface area contributed by atoms with E-state index < -0.39 is 15.9 Å². The van der Waals surface area contributed by atoms with E-state index >= 15 is 0 Å². The minimum absolute atomic E-state index is 0.0124. The third-order valence-electron chi connectivity index (χ3n) is 6.76. The van der Waals surface area contributed by atoms with E-state index in [1.165, 1.54) is 29.6 Å². The second-order valence-electron chi connectivity index (χ2n) is 10.6. The van der Waals surface area contributed by atoms with Gasteiger partial charge in [0.25, 0.3) is 11.8 Å². The first-order valence-electron chi connectivity index (χ1n) is 13.0. The molecular formula is C30H35N3O5S. The number of piperidine rings is 1. The van der Waals surface area contributed by atoms with Gasteiger partial charge >= 0.3 is 0 Å². The molecule has 1 heterocycles. The van der Waals surface area contributed by atoms with Crippen LogP contribution in [0.4, 0.5) is 11.4 Å². The molecule has 0 unspecified atom stereocenters. The molecule has 9 heteroatoms. The van der Waals surface area contributed by atoms with Gasteiger partial charge in [-0.05, 0) is 72.4 Å². The highest BCUT2D eigenvalue weighted by atomic mass is 32.2. The summed E-state index contributed by atoms with van der Waals surface area (Å²) in [5, 5.41) is 5.65. The fourth-order valence-corrected chi connectivity index (χ4v) is 6.02. The molecule has 0 aromatic heterocycles. The van der Waals surface area contributed by atoms with Crippen molar-refractivity contribution in [3.05, 3.63) is 83.4 Å². The van der Waals surface area contributed by atoms with Gasteiger partial charge in [-0.1, -0.05) is 45.4 Å². The van der Waals surface area contributed by atoms with Crippen molar-refractivity contribution in [1.82, 2.24) is 4.31 Å². The first-order valence-corrected chi connectivity index (χ1v) is 14.4. The Labute approximate surface area is 230 Å². The molecule has 1 fully saturated rings. The fraction of sp³-hybridized carbons (Fsp3) is 0.333. The third kappa shape index (κ3) is 6.66. The first kappa shape index (κ1) is 28.3. The minimum atomic E-state index is -3.72. The molecule has 0 radical (unpaired) electrons. The lowest BCUT2D eigenvalue weighted by Crippen LogP contribution is -2.35. The number of carbonyl (C=O) groups excluding carboxylic acids is 2. The molecule has 3 aromatic rings. The van der Waals surface area contributed by atoms with Gasteiger partial charge in [0.1, 0.15) is 5.75 Å². The van der Waals surface area contributed by atoms with Crippen LogP contribution < -0.4 is 15.4 Å². The summed E-state index contributed by atoms with van der Waals surface area (Å²) in [4.78, 5) is 26.1. The highest BCUT2D eigenvalue weighted by molar-refractivity contribution is 7.89. The first-order chi connectivity index (χ1) is 18.5. The number of nitrogens with one attached hydrogen (secondary N) is 2. The molecule has 2 amide bonds. The summed E-state index contributed by atoms with van der Waals surface area (Å²) >= 11 is 0. The SMILES string of the molecule is COc1ccc(S(=O)(=O)N2CCCCC2)cc1C(=O)Nc1cccc(NC(=O)c2ccc(C(C)(C)C)cc2)c1. The summed E-state index contributed by atoms with van der Waals surface area (Å²) in [6, 6.07) is 18.5. The Bertz CT molecular complexity index is 1450. The maximum absolute atomic E-state index is 13.2. The van der Waals surface area contributed by atoms with Gasteiger partial charge in [0.05, 0.1) is 17.6 Å². The Hall–Kier alpha value is -3.69. The monoisotopic (exact) mass is 549 g/mol. The smallest absolute Gasteiger partial charge is 0.259 e. The number of methoxy groups -OCH3 is 1. The molecule has 1 aliphatic heterocycles. The molecule has 0 atom stereocenters. The maximum Gasteiger partial charge on any atom is 0.259 e. The molecule has 39 heavy (non-hydrogen) atoms. The van der Waals surface area contributed by atoms with Gasteiger partial charge in [-0.2, -0.15) is 4.31 Å². The van der Waals surface area contributed by atoms with E-state index in [9.17, 15) is 18.0 Å². The van der Waals surface area contributed by atoms with Crippen molar-refractivity contribution in [3.63, 3.8) is 0 Å². The normalized spacial score (nSPS) is 14.5. The molecule has 0 saturated carbocycles. The summed E-state index contributed by atoms with van der Waals surface area (Å²) < 4.78 is 33.1. The van der Waals surface area contributed by atoms with Gasteiger partial charge in [0.15, 0.2) is 0 Å². The van der Waals surface area contributed by atoms with Crippen molar-refractivity contribution < 1.29 is 22.7 Å². The molecule has 1 saturated heterocycles. The molecule has 2 N–H and O–H groups in total. The lowest BCUT2D eigenvalue weighted by atomic mass is 9.87. The van der Waals surface area contributed by atoms with Crippen LogP contribution in [0, 0.1) is 0 Å². The average molecular weight is 550 g/mol. The molecule has 4 rings (SSSR count). The Kier molecular flexibility index (Phi) is 8.42. The molecule has 0 aliphatic carbocycles. The Balaban J connectivity index is 1.50. The minimum Gasteiger partial charge on any atom is -0.496 e. The van der Waals surface area contributed by atoms with Crippen LogP contribution in [-0.2, 0) is 15.4 Å². The average Bonchev–Trinajstić information content (AvgIpc) is 2.93. The largest absolute Gasteiger partial charge is 0.496 e. The topological polar surface area (TPSA) is 105 Å². The molecule has 3 aromatic carbocycles. The van der Waals surface area contributed by atoms with Crippen molar-refractivity contribution in [2.45, 2.75) is 50.3 Å². The van der Waals surface area contributed by atoms with E-state index in [4.69, 9.17) is 4.74 Å². The zero-order valence-corrected chi connectivity index (χ0v) is 23.6. The standard InChI is InChI=1S/C30H35N3O5S/c1-30(2,3)22-13-11-21(12-14-22)28(34)31-23-9-8-10-24(19-23)32-29(35)26-20-25(15-16-27(26)38-4)39(36,37)33-17-6-5-7-18-33/h8-16,19-20H,5-7,17-18H2,1-4H3,(H,31,34)(H,32,35). The van der Waals surface area contributed by atoms with E-state index in [1.807, 2.05) is 12.1 Å². The van der Waals surface area contributed by atoms with Crippen molar-refractivity contribution in [2.24, 2.45) is 0 Å². The second kappa shape index (κ2) is 11.6. The van der Waals surface area contributed by atoms with Gasteiger partial charge in [0.2, 0.25) is 10.0 Å². The quantitative estimate of drug-likeness (QED) is 0.395. The molecule has 0 spiro atoms. The van der Waals surface area contributed by atoms with Crippen LogP contribution in [0.25, 0.3) is 0 Å². The van der Waals surface area contributed by atoms with Crippen LogP contribution in [0.5, 0.6) is 5.75 Å². The van der Waals surface area contributed by atoms with Crippen molar-refractivity contribution in [3.8, 4) is 5.75 Å². The predicted octanol–water partition coefficient (Wildman–Crippen LogP) is 5.67. The number of benzene rings is 3. The molecule has 1 aliphatic rings. The molecular weight excluding hydrogens is 514 g/mol. The summed E-state index contributed by atoms with van der Waals surface area (Å²) in [5.74, 6) is -0.534. The summed E-state index contributed by atoms with van der Waals surface area (Å²) in [6.07, 6.45) is 2.64. The predicted molar refractivity (Wildman–Crippen MR) is 153 cm³/mol. The third-order valence-corrected chi connectivity index (χ3v) is 8.65. The molecule has 8 nitrogen and oxygen atoms in total. The van der Waals surface area contributed by atoms with Crippen molar-refractivity contribution in [2.75, 3.05) is 30.8 Å². The van der Waals surface area contributed by atoms with Crippen LogP contribution in [0.3, 0.4) is 0 Å². The van der Waals surface area contributed by atoms with E-state index in [0.29, 0.717) is 30.0 Å². The van der Waals surface area contributed by atoms with Crippen LogP contribution in [0.2, 0.25) is 0 Å². The number of hydrogen-bond acceptors (Lipinski definition) is 5. The van der Waals surface area contributed by atoms with E-state index in [1.54, 1.807) is 36.4 Å². The zero-order valence-electron chi connectivity index (χ0n) is 22.8. The lowest BCUT2D eigenvalue weighted by molar-refractivity contribution is 0.101. The van der Waals surface area contributed by atoms with Gasteiger partial charge in [0, 0.05) is 30.0 Å². The number of sulfonamides is 1. The summed E-state index contributed by atoms with van der Waals surface area (Å²) in [5.41, 5.74) is 2.68. The highest BCUT2D eigenvalue weighted by Crippen LogP contribution is 2.28. The highest BCUT2D eigenvalue weighted by Gasteiger charge is 2.27. The van der Waals surface area contributed by atoms with Crippen LogP contribution in [-0.4, -0.2) is 44.7 Å². The summed E-state index contributed by atoms with van der Waals surface area (Å²) in [7, 11) is -2.30. The zero-order chi connectivity index (χ0) is 28.2. The fourth-order valence-electron chi connectivity index (χ4n) is 4.48. The van der Waals surface area contributed by atoms with Crippen LogP contribution in [0.15, 0.2) is 71.6 Å². The lowest BCUT2D eigenvalue weighted by Gasteiger charge is -2.26. The van der Waals surface area contributed by atoms with Gasteiger partial charge in [-0.15, -0.1) is 0 Å². The van der Waals surface area contributed by atoms with Crippen LogP contribution >= 0.6 is 0 Å². The van der Waals surface area contributed by atoms with Gasteiger partial charge in [-0.3, -0.25) is 9.59 Å². The van der Waals surface area contributed by atoms with Crippen molar-refractivity contribution >= 4 is 33.2 Å². The Morgan fingerprint density at radius 2 is 1.44 bits per heavy atom. The van der Waals surface area contributed by atoms with E-state index in [2.05, 4.69) is 31.4 Å². The Morgan fingerprint density at radius 3 is 2.03 bits per heavy atom. The maximum atomic E-state index is 13.2. The molecule has 0 bridgehead atoms. The number of hydrogen-bond donors (Lipinski definition) is 2. The van der Waals surface area contributed by atoms with Gasteiger partial charge in [-0.25, -0.2) is 8.42 Å². The number of carbonyl (C=O) groups is 2. The van der Waals surface area contributed by atoms with Crippen LogP contribution in [0.1, 0.15) is 66.3 Å². The summed E-state index contributed by atoms with van der Waals surface area (Å²) in [6.45, 7) is 7.27. The second-order valence-corrected chi connectivity index (χ2v) is 12.6. The molecule has 206 valence electrons. The van der Waals surface area contributed by atoms with Crippen molar-refractivity contribution in [1.29, 1.82) is 0 Å². The number of rotatable bonds is 7. The number of anilines is 2. The number of nitrogens with zero attached hydrogens (tertiary/aromatic N) is 1. The Morgan fingerprint density at radius 1 is 0.821 bits per heavy atom. The van der Waals surface area contributed by atoms with E-state index in [0.717, 1.165) is 24.8 Å².